The van der Waals surface area contributed by atoms with Crippen LogP contribution >= 0.6 is 23.1 Å². The van der Waals surface area contributed by atoms with Crippen LogP contribution in [0.3, 0.4) is 0 Å². The smallest absolute Gasteiger partial charge is 0.192 e. The van der Waals surface area contributed by atoms with E-state index in [9.17, 15) is 0 Å². The van der Waals surface area contributed by atoms with Crippen LogP contribution in [0.5, 0.6) is 11.5 Å². The van der Waals surface area contributed by atoms with E-state index in [0.29, 0.717) is 23.4 Å². The number of aryl methyl sites for hydroxylation is 1. The van der Waals surface area contributed by atoms with Crippen molar-refractivity contribution in [2.24, 2.45) is 0 Å². The van der Waals surface area contributed by atoms with Gasteiger partial charge >= 0.3 is 0 Å². The number of likely N-dealkylation sites (tertiary alicyclic amines) is 1. The number of hydrogen-bond acceptors (Lipinski definition) is 10. The summed E-state index contributed by atoms with van der Waals surface area (Å²) in [5.41, 5.74) is 13.8. The van der Waals surface area contributed by atoms with E-state index in [2.05, 4.69) is 28.7 Å². The normalized spacial score (nSPS) is 14.6. The largest absolute Gasteiger partial charge is 0.493 e. The molecular weight excluding hydrogens is 468 g/mol. The van der Waals surface area contributed by atoms with Gasteiger partial charge in [-0.25, -0.2) is 15.0 Å². The lowest BCUT2D eigenvalue weighted by molar-refractivity contribution is 0.145. The number of nitrogens with two attached hydrogens (primary N) is 2. The van der Waals surface area contributed by atoms with E-state index < -0.39 is 0 Å². The van der Waals surface area contributed by atoms with Crippen LogP contribution in [0.25, 0.3) is 10.6 Å². The Balaban J connectivity index is 1.56. The Hall–Kier alpha value is -2.56. The van der Waals surface area contributed by atoms with Gasteiger partial charge in [0.05, 0.1) is 18.1 Å². The first kappa shape index (κ1) is 24.6. The Bertz CT molecular complexity index is 1100. The summed E-state index contributed by atoms with van der Waals surface area (Å²) in [7, 11) is 1.67. The summed E-state index contributed by atoms with van der Waals surface area (Å²) in [6, 6.07) is 7.59. The Morgan fingerprint density at radius 1 is 1.12 bits per heavy atom. The minimum Gasteiger partial charge on any atom is -0.493 e. The molecule has 0 saturated carbocycles. The number of nitrogen functional groups attached to an aromatic ring is 2. The average Bonchev–Trinajstić information content (AvgIpc) is 3.19. The number of hydrogen-bond donors (Lipinski definition) is 2. The van der Waals surface area contributed by atoms with Crippen molar-refractivity contribution in [3.8, 4) is 22.1 Å². The van der Waals surface area contributed by atoms with Crippen molar-refractivity contribution in [2.45, 2.75) is 43.5 Å². The number of thiazole rings is 1. The second-order valence-electron chi connectivity index (χ2n) is 8.25. The minimum absolute atomic E-state index is 0.0539. The first-order valence-corrected chi connectivity index (χ1v) is 13.3. The van der Waals surface area contributed by atoms with Crippen LogP contribution in [0.2, 0.25) is 0 Å². The second kappa shape index (κ2) is 11.2. The van der Waals surface area contributed by atoms with E-state index in [1.165, 1.54) is 23.1 Å². The lowest BCUT2D eigenvalue weighted by atomic mass is 10.2. The SMILES string of the molecule is CCCc1sc(-c2ccc(OC)c(OCCN3CCC3)c2)nc1[C@@H](C)Sc1nc(N)cc(N)n1. The molecule has 4 rings (SSSR count). The van der Waals surface area contributed by atoms with Crippen LogP contribution in [0.1, 0.15) is 42.5 Å². The summed E-state index contributed by atoms with van der Waals surface area (Å²) in [6.07, 6.45) is 3.29. The third kappa shape index (κ3) is 5.92. The van der Waals surface area contributed by atoms with E-state index in [4.69, 9.17) is 25.9 Å². The van der Waals surface area contributed by atoms with Crippen molar-refractivity contribution < 1.29 is 9.47 Å². The molecule has 8 nitrogen and oxygen atoms in total. The number of nitrogens with zero attached hydrogens (tertiary/aromatic N) is 4. The average molecular weight is 501 g/mol. The van der Waals surface area contributed by atoms with Gasteiger partial charge in [-0.1, -0.05) is 25.1 Å². The molecule has 1 fully saturated rings. The van der Waals surface area contributed by atoms with Gasteiger partial charge in [0.25, 0.3) is 0 Å². The van der Waals surface area contributed by atoms with Crippen LogP contribution in [-0.4, -0.2) is 53.2 Å². The Labute approximate surface area is 209 Å². The summed E-state index contributed by atoms with van der Waals surface area (Å²) < 4.78 is 11.6. The monoisotopic (exact) mass is 500 g/mol. The van der Waals surface area contributed by atoms with Gasteiger partial charge in [-0.15, -0.1) is 11.3 Å². The molecule has 0 bridgehead atoms. The van der Waals surface area contributed by atoms with Gasteiger partial charge in [0, 0.05) is 23.1 Å². The summed E-state index contributed by atoms with van der Waals surface area (Å²) in [4.78, 5) is 17.3. The molecule has 2 aromatic heterocycles. The molecule has 1 aromatic carbocycles. The number of benzene rings is 1. The number of methoxy groups -OCH3 is 1. The van der Waals surface area contributed by atoms with Crippen LogP contribution in [-0.2, 0) is 6.42 Å². The van der Waals surface area contributed by atoms with E-state index in [-0.39, 0.29) is 5.25 Å². The Morgan fingerprint density at radius 2 is 1.88 bits per heavy atom. The highest BCUT2D eigenvalue weighted by molar-refractivity contribution is 7.99. The lowest BCUT2D eigenvalue weighted by Gasteiger charge is -2.30. The van der Waals surface area contributed by atoms with Gasteiger partial charge in [-0.05, 0) is 51.1 Å². The molecule has 1 atom stereocenters. The first-order chi connectivity index (χ1) is 16.5. The fourth-order valence-electron chi connectivity index (χ4n) is 3.75. The number of rotatable bonds is 11. The van der Waals surface area contributed by atoms with E-state index in [1.54, 1.807) is 24.5 Å². The third-order valence-electron chi connectivity index (χ3n) is 5.64. The van der Waals surface area contributed by atoms with Gasteiger partial charge < -0.3 is 20.9 Å². The molecule has 10 heteroatoms. The van der Waals surface area contributed by atoms with E-state index in [0.717, 1.165) is 60.2 Å². The molecular formula is C24H32N6O2S2. The second-order valence-corrected chi connectivity index (χ2v) is 10.6. The zero-order valence-electron chi connectivity index (χ0n) is 19.9. The predicted molar refractivity (Wildman–Crippen MR) is 140 cm³/mol. The summed E-state index contributed by atoms with van der Waals surface area (Å²) in [5, 5.41) is 1.58. The highest BCUT2D eigenvalue weighted by Gasteiger charge is 2.21. The third-order valence-corrected chi connectivity index (χ3v) is 7.79. The molecule has 0 unspecified atom stereocenters. The number of ether oxygens (including phenoxy) is 2. The van der Waals surface area contributed by atoms with Gasteiger partial charge in [-0.2, -0.15) is 0 Å². The maximum Gasteiger partial charge on any atom is 0.192 e. The van der Waals surface area contributed by atoms with Gasteiger partial charge in [0.2, 0.25) is 0 Å². The number of aromatic nitrogens is 3. The minimum atomic E-state index is 0.0539. The Morgan fingerprint density at radius 3 is 2.53 bits per heavy atom. The highest BCUT2D eigenvalue weighted by atomic mass is 32.2. The standard InChI is InChI=1S/C24H32N6O2S2/c1-4-6-19-22(15(2)33-24-27-20(25)14-21(26)28-24)29-23(34-19)16-7-8-17(31-3)18(13-16)32-12-11-30-9-5-10-30/h7-8,13-15H,4-6,9-12H2,1-3H3,(H4,25,26,27,28)/t15-/m1/s1. The summed E-state index contributed by atoms with van der Waals surface area (Å²) in [6.45, 7) is 8.18. The lowest BCUT2D eigenvalue weighted by Crippen LogP contribution is -2.39. The maximum absolute atomic E-state index is 6.10. The quantitative estimate of drug-likeness (QED) is 0.287. The number of anilines is 2. The molecule has 3 aromatic rings. The van der Waals surface area contributed by atoms with Gasteiger partial charge in [0.15, 0.2) is 16.7 Å². The molecule has 1 aliphatic rings. The molecule has 182 valence electrons. The number of thioether (sulfide) groups is 1. The van der Waals surface area contributed by atoms with E-state index >= 15 is 0 Å². The molecule has 0 spiro atoms. The van der Waals surface area contributed by atoms with Crippen molar-refractivity contribution in [1.82, 2.24) is 19.9 Å². The fourth-order valence-corrected chi connectivity index (χ4v) is 6.02. The summed E-state index contributed by atoms with van der Waals surface area (Å²) >= 11 is 3.24. The van der Waals surface area contributed by atoms with Crippen molar-refractivity contribution >= 4 is 34.7 Å². The molecule has 0 radical (unpaired) electrons. The van der Waals surface area contributed by atoms with Gasteiger partial charge in [0.1, 0.15) is 23.3 Å². The molecule has 0 amide bonds. The topological polar surface area (TPSA) is 112 Å². The molecule has 34 heavy (non-hydrogen) atoms. The fraction of sp³-hybridized carbons (Fsp3) is 0.458. The maximum atomic E-state index is 6.10. The first-order valence-electron chi connectivity index (χ1n) is 11.6. The molecule has 1 aliphatic heterocycles. The molecule has 0 aliphatic carbocycles. The highest BCUT2D eigenvalue weighted by Crippen LogP contribution is 2.41. The van der Waals surface area contributed by atoms with Crippen LogP contribution in [0, 0.1) is 0 Å². The summed E-state index contributed by atoms with van der Waals surface area (Å²) in [5.74, 6) is 2.23. The zero-order chi connectivity index (χ0) is 24.1. The van der Waals surface area contributed by atoms with E-state index in [1.807, 2.05) is 18.2 Å². The Kier molecular flexibility index (Phi) is 8.12. The molecule has 1 saturated heterocycles. The van der Waals surface area contributed by atoms with Crippen molar-refractivity contribution in [2.75, 3.05) is 44.8 Å². The molecule has 3 heterocycles. The predicted octanol–water partition coefficient (Wildman–Crippen LogP) is 4.66. The van der Waals surface area contributed by atoms with Crippen LogP contribution in [0.15, 0.2) is 29.4 Å². The van der Waals surface area contributed by atoms with Crippen molar-refractivity contribution in [3.63, 3.8) is 0 Å². The zero-order valence-corrected chi connectivity index (χ0v) is 21.5. The van der Waals surface area contributed by atoms with Crippen molar-refractivity contribution in [3.05, 3.63) is 34.8 Å². The molecule has 4 N–H and O–H groups in total. The van der Waals surface area contributed by atoms with Crippen LogP contribution in [0.4, 0.5) is 11.6 Å². The van der Waals surface area contributed by atoms with Crippen molar-refractivity contribution in [1.29, 1.82) is 0 Å². The van der Waals surface area contributed by atoms with Gasteiger partial charge in [-0.3, -0.25) is 4.90 Å². The van der Waals surface area contributed by atoms with Crippen LogP contribution < -0.4 is 20.9 Å².